The van der Waals surface area contributed by atoms with Crippen LogP contribution in [0, 0.1) is 0 Å². The van der Waals surface area contributed by atoms with Crippen molar-refractivity contribution in [1.82, 2.24) is 15.1 Å². The molecule has 1 aliphatic rings. The number of urea groups is 1. The molecule has 1 N–H and O–H groups in total. The van der Waals surface area contributed by atoms with Gasteiger partial charge in [-0.25, -0.2) is 4.79 Å². The Morgan fingerprint density at radius 3 is 2.39 bits per heavy atom. The summed E-state index contributed by atoms with van der Waals surface area (Å²) in [6.45, 7) is 2.32. The highest BCUT2D eigenvalue weighted by molar-refractivity contribution is 6.38. The van der Waals surface area contributed by atoms with E-state index < -0.39 is 29.9 Å². The zero-order valence-electron chi connectivity index (χ0n) is 12.5. The lowest BCUT2D eigenvalue weighted by atomic mass is 10.1. The van der Waals surface area contributed by atoms with Crippen LogP contribution in [-0.2, 0) is 14.4 Å². The fourth-order valence-corrected chi connectivity index (χ4v) is 2.30. The fourth-order valence-electron chi connectivity index (χ4n) is 2.30. The Kier molecular flexibility index (Phi) is 4.95. The minimum Gasteiger partial charge on any atom is -0.548 e. The first-order chi connectivity index (χ1) is 11.0. The smallest absolute Gasteiger partial charge is 0.325 e. The van der Waals surface area contributed by atoms with Crippen LogP contribution >= 0.6 is 0 Å². The van der Waals surface area contributed by atoms with Gasteiger partial charge in [0.2, 0.25) is 0 Å². The highest BCUT2D eigenvalue weighted by Crippen LogP contribution is 2.13. The summed E-state index contributed by atoms with van der Waals surface area (Å²) in [6, 6.07) is 5.63. The summed E-state index contributed by atoms with van der Waals surface area (Å²) in [5.41, 5.74) is 0.312. The van der Waals surface area contributed by atoms with Gasteiger partial charge in [-0.3, -0.25) is 14.5 Å². The van der Waals surface area contributed by atoms with Gasteiger partial charge in [0.15, 0.2) is 0 Å². The zero-order chi connectivity index (χ0) is 17.0. The van der Waals surface area contributed by atoms with Gasteiger partial charge < -0.3 is 20.1 Å². The predicted molar refractivity (Wildman–Crippen MR) is 76.7 cm³/mol. The molecule has 8 heteroatoms. The molecule has 1 fully saturated rings. The standard InChI is InChI=1S/C15H17N3O5/c1-2-17-8-9-18(13(20)12(17)19)15(23)16-11(14(21)22)10-6-4-3-5-7-10/h3-7,11H,2,8-9H2,1H3,(H,16,23)(H,21,22)/p-1/t11-/m1/s1. The molecule has 0 aliphatic carbocycles. The number of rotatable bonds is 4. The highest BCUT2D eigenvalue weighted by atomic mass is 16.4. The van der Waals surface area contributed by atoms with E-state index in [-0.39, 0.29) is 13.1 Å². The van der Waals surface area contributed by atoms with Crippen LogP contribution in [0.4, 0.5) is 4.79 Å². The number of carbonyl (C=O) groups excluding carboxylic acids is 4. The van der Waals surface area contributed by atoms with E-state index in [0.29, 0.717) is 17.0 Å². The van der Waals surface area contributed by atoms with Crippen LogP contribution in [-0.4, -0.2) is 53.2 Å². The molecule has 1 heterocycles. The van der Waals surface area contributed by atoms with E-state index >= 15 is 0 Å². The zero-order valence-corrected chi connectivity index (χ0v) is 12.5. The van der Waals surface area contributed by atoms with Gasteiger partial charge in [0.25, 0.3) is 0 Å². The Morgan fingerprint density at radius 2 is 1.83 bits per heavy atom. The van der Waals surface area contributed by atoms with Crippen molar-refractivity contribution in [2.45, 2.75) is 13.0 Å². The van der Waals surface area contributed by atoms with E-state index in [9.17, 15) is 24.3 Å². The summed E-state index contributed by atoms with van der Waals surface area (Å²) in [6.07, 6.45) is 0. The Morgan fingerprint density at radius 1 is 1.17 bits per heavy atom. The number of piperazine rings is 1. The summed E-state index contributed by atoms with van der Waals surface area (Å²) in [4.78, 5) is 49.2. The third-order valence-electron chi connectivity index (χ3n) is 3.57. The lowest BCUT2D eigenvalue weighted by Gasteiger charge is -2.33. The molecule has 23 heavy (non-hydrogen) atoms. The van der Waals surface area contributed by atoms with E-state index in [1.54, 1.807) is 25.1 Å². The molecule has 0 spiro atoms. The molecule has 0 aromatic heterocycles. The number of nitrogens with one attached hydrogen (secondary N) is 1. The van der Waals surface area contributed by atoms with Gasteiger partial charge in [0.1, 0.15) is 0 Å². The summed E-state index contributed by atoms with van der Waals surface area (Å²) < 4.78 is 0. The summed E-state index contributed by atoms with van der Waals surface area (Å²) in [5.74, 6) is -3.25. The van der Waals surface area contributed by atoms with Gasteiger partial charge in [-0.2, -0.15) is 0 Å². The first-order valence-corrected chi connectivity index (χ1v) is 7.12. The maximum Gasteiger partial charge on any atom is 0.325 e. The van der Waals surface area contributed by atoms with Gasteiger partial charge in [-0.05, 0) is 12.5 Å². The van der Waals surface area contributed by atoms with Crippen molar-refractivity contribution >= 4 is 23.8 Å². The van der Waals surface area contributed by atoms with Gasteiger partial charge in [0, 0.05) is 19.6 Å². The number of carboxylic acid groups (broad SMARTS) is 1. The van der Waals surface area contributed by atoms with Gasteiger partial charge in [-0.1, -0.05) is 30.3 Å². The second kappa shape index (κ2) is 6.91. The normalized spacial score (nSPS) is 16.2. The Bertz CT molecular complexity index is 631. The monoisotopic (exact) mass is 318 g/mol. The average Bonchev–Trinajstić information content (AvgIpc) is 2.55. The molecule has 1 atom stereocenters. The van der Waals surface area contributed by atoms with Crippen molar-refractivity contribution in [3.05, 3.63) is 35.9 Å². The third kappa shape index (κ3) is 3.47. The molecule has 2 rings (SSSR count). The predicted octanol–water partition coefficient (Wildman–Crippen LogP) is -1.12. The molecule has 1 aromatic rings. The number of carboxylic acids is 1. The molecule has 1 aliphatic heterocycles. The van der Waals surface area contributed by atoms with Crippen LogP contribution in [0.25, 0.3) is 0 Å². The van der Waals surface area contributed by atoms with Gasteiger partial charge in [0.05, 0.1) is 12.0 Å². The van der Waals surface area contributed by atoms with Crippen LogP contribution in [0.5, 0.6) is 0 Å². The Balaban J connectivity index is 2.12. The summed E-state index contributed by atoms with van der Waals surface area (Å²) in [7, 11) is 0. The second-order valence-electron chi connectivity index (χ2n) is 4.95. The highest BCUT2D eigenvalue weighted by Gasteiger charge is 2.36. The van der Waals surface area contributed by atoms with Crippen molar-refractivity contribution in [3.63, 3.8) is 0 Å². The number of hydrogen-bond acceptors (Lipinski definition) is 5. The number of benzene rings is 1. The number of hydrogen-bond donors (Lipinski definition) is 1. The van der Waals surface area contributed by atoms with Crippen LogP contribution in [0.3, 0.4) is 0 Å². The minimum absolute atomic E-state index is 0.0127. The number of aliphatic carboxylic acids is 1. The van der Waals surface area contributed by atoms with E-state index in [2.05, 4.69) is 5.32 Å². The van der Waals surface area contributed by atoms with Crippen molar-refractivity contribution < 1.29 is 24.3 Å². The summed E-state index contributed by atoms with van der Waals surface area (Å²) >= 11 is 0. The molecule has 4 amide bonds. The number of likely N-dealkylation sites (N-methyl/N-ethyl adjacent to an activating group) is 1. The molecule has 122 valence electrons. The first-order valence-electron chi connectivity index (χ1n) is 7.12. The second-order valence-corrected chi connectivity index (χ2v) is 4.95. The summed E-state index contributed by atoms with van der Waals surface area (Å²) in [5, 5.41) is 13.5. The third-order valence-corrected chi connectivity index (χ3v) is 3.57. The number of nitrogens with zero attached hydrogens (tertiary/aromatic N) is 2. The lowest BCUT2D eigenvalue weighted by molar-refractivity contribution is -0.308. The van der Waals surface area contributed by atoms with E-state index in [0.717, 1.165) is 0 Å². The molecule has 0 unspecified atom stereocenters. The fraction of sp³-hybridized carbons (Fsp3) is 0.333. The minimum atomic E-state index is -1.50. The molecule has 0 saturated carbocycles. The molecule has 8 nitrogen and oxygen atoms in total. The Hall–Kier alpha value is -2.90. The van der Waals surface area contributed by atoms with Crippen molar-refractivity contribution in [2.24, 2.45) is 0 Å². The van der Waals surface area contributed by atoms with Crippen LogP contribution in [0.15, 0.2) is 30.3 Å². The molecular formula is C15H16N3O5-. The maximum absolute atomic E-state index is 12.2. The van der Waals surface area contributed by atoms with Gasteiger partial charge >= 0.3 is 17.8 Å². The Labute approximate surface area is 132 Å². The van der Waals surface area contributed by atoms with Crippen molar-refractivity contribution in [2.75, 3.05) is 19.6 Å². The largest absolute Gasteiger partial charge is 0.548 e. The van der Waals surface area contributed by atoms with Crippen LogP contribution < -0.4 is 10.4 Å². The van der Waals surface area contributed by atoms with E-state index in [1.165, 1.54) is 17.0 Å². The van der Waals surface area contributed by atoms with Gasteiger partial charge in [-0.15, -0.1) is 0 Å². The molecular weight excluding hydrogens is 302 g/mol. The first kappa shape index (κ1) is 16.5. The number of amides is 4. The van der Waals surface area contributed by atoms with E-state index in [4.69, 9.17) is 0 Å². The number of imide groups is 1. The molecule has 0 radical (unpaired) electrons. The van der Waals surface area contributed by atoms with Crippen molar-refractivity contribution in [1.29, 1.82) is 0 Å². The van der Waals surface area contributed by atoms with Crippen molar-refractivity contribution in [3.8, 4) is 0 Å². The maximum atomic E-state index is 12.2. The topological polar surface area (TPSA) is 110 Å². The SMILES string of the molecule is CCN1CCN(C(=O)N[C@@H](C(=O)[O-])c2ccccc2)C(=O)C1=O. The molecule has 0 bridgehead atoms. The molecule has 1 aromatic carbocycles. The van der Waals surface area contributed by atoms with Crippen LogP contribution in [0.2, 0.25) is 0 Å². The lowest BCUT2D eigenvalue weighted by Crippen LogP contribution is -2.59. The average molecular weight is 318 g/mol. The van der Waals surface area contributed by atoms with E-state index in [1.807, 2.05) is 0 Å². The molecule has 1 saturated heterocycles. The quantitative estimate of drug-likeness (QED) is 0.707. The number of carbonyl (C=O) groups is 4. The van der Waals surface area contributed by atoms with Crippen LogP contribution in [0.1, 0.15) is 18.5 Å².